The quantitative estimate of drug-likeness (QED) is 0.131. The van der Waals surface area contributed by atoms with Gasteiger partial charge in [0, 0.05) is 36.3 Å². The van der Waals surface area contributed by atoms with Crippen LogP contribution in [0.3, 0.4) is 0 Å². The van der Waals surface area contributed by atoms with E-state index in [-0.39, 0.29) is 12.1 Å². The molecule has 6 N–H and O–H groups in total. The van der Waals surface area contributed by atoms with E-state index in [1.165, 1.54) is 11.9 Å². The molecule has 0 aromatic heterocycles. The smallest absolute Gasteiger partial charge is 0.0797 e. The van der Waals surface area contributed by atoms with Crippen molar-refractivity contribution >= 4 is 27.5 Å². The number of nitrogens with zero attached hydrogens (tertiary/aromatic N) is 2. The van der Waals surface area contributed by atoms with Crippen LogP contribution in [0.4, 0.5) is 0 Å². The Kier molecular flexibility index (Phi) is 11.0. The fraction of sp³-hybridized carbons (Fsp3) is 0.370. The Hall–Kier alpha value is -2.90. The average Bonchev–Trinajstić information content (AvgIpc) is 2.79. The van der Waals surface area contributed by atoms with Crippen molar-refractivity contribution in [2.75, 3.05) is 13.1 Å². The number of benzene rings is 1. The van der Waals surface area contributed by atoms with E-state index in [0.717, 1.165) is 48.5 Å². The number of nitrogens with one attached hydrogen (secondary N) is 2. The van der Waals surface area contributed by atoms with Gasteiger partial charge in [0.1, 0.15) is 0 Å². The fourth-order valence-corrected chi connectivity index (χ4v) is 5.46. The van der Waals surface area contributed by atoms with E-state index in [9.17, 15) is 0 Å². The van der Waals surface area contributed by atoms with E-state index in [2.05, 4.69) is 63.9 Å². The third-order valence-electron chi connectivity index (χ3n) is 5.60. The summed E-state index contributed by atoms with van der Waals surface area (Å²) in [6.45, 7) is 12.0. The Balaban J connectivity index is 1.96. The van der Waals surface area contributed by atoms with Crippen LogP contribution in [-0.2, 0) is 5.75 Å². The van der Waals surface area contributed by atoms with Gasteiger partial charge in [-0.25, -0.2) is 0 Å². The minimum absolute atomic E-state index is 0.0559. The Morgan fingerprint density at radius 3 is 2.65 bits per heavy atom. The van der Waals surface area contributed by atoms with Crippen molar-refractivity contribution in [3.8, 4) is 0 Å². The van der Waals surface area contributed by atoms with Gasteiger partial charge in [0.25, 0.3) is 0 Å². The summed E-state index contributed by atoms with van der Waals surface area (Å²) in [4.78, 5) is 6.19. The number of hydrogen-bond donors (Lipinski definition) is 4. The highest BCUT2D eigenvalue weighted by Gasteiger charge is 2.20. The van der Waals surface area contributed by atoms with Crippen LogP contribution in [0.5, 0.6) is 0 Å². The predicted octanol–water partition coefficient (Wildman–Crippen LogP) is 3.95. The first-order valence-electron chi connectivity index (χ1n) is 11.8. The van der Waals surface area contributed by atoms with Crippen molar-refractivity contribution in [3.05, 3.63) is 84.5 Å². The summed E-state index contributed by atoms with van der Waals surface area (Å²) in [6.07, 6.45) is 11.2. The van der Waals surface area contributed by atoms with Crippen LogP contribution in [0.25, 0.3) is 0 Å². The molecule has 34 heavy (non-hydrogen) atoms. The summed E-state index contributed by atoms with van der Waals surface area (Å²) in [5.74, 6) is 9.52. The number of allylic oxidation sites excluding steroid dienone is 2. The van der Waals surface area contributed by atoms with Crippen LogP contribution in [0.2, 0.25) is 0 Å². The number of rotatable bonds is 15. The van der Waals surface area contributed by atoms with Gasteiger partial charge in [0.05, 0.1) is 24.3 Å². The van der Waals surface area contributed by atoms with Crippen molar-refractivity contribution < 1.29 is 0 Å². The first kappa shape index (κ1) is 27.3. The monoisotopic (exact) mass is 482 g/mol. The molecule has 0 aliphatic carbocycles. The maximum Gasteiger partial charge on any atom is 0.0797 e. The van der Waals surface area contributed by atoms with E-state index in [0.29, 0.717) is 13.1 Å². The second-order valence-corrected chi connectivity index (χ2v) is 11.4. The highest BCUT2D eigenvalue weighted by Crippen LogP contribution is 2.27. The van der Waals surface area contributed by atoms with Crippen LogP contribution in [-0.4, -0.2) is 48.2 Å². The van der Waals surface area contributed by atoms with Crippen molar-refractivity contribution in [2.45, 2.75) is 50.4 Å². The molecule has 0 saturated heterocycles. The van der Waals surface area contributed by atoms with Crippen molar-refractivity contribution in [1.29, 1.82) is 0 Å². The molecule has 2 atom stereocenters. The van der Waals surface area contributed by atoms with Crippen molar-refractivity contribution in [1.82, 2.24) is 14.9 Å². The maximum absolute atomic E-state index is 6.46. The molecule has 0 fully saturated rings. The normalized spacial score (nSPS) is 15.8. The van der Waals surface area contributed by atoms with Gasteiger partial charge in [-0.3, -0.25) is 4.99 Å². The molecule has 1 aromatic carbocycles. The summed E-state index contributed by atoms with van der Waals surface area (Å²) in [5.41, 5.74) is 15.7. The predicted molar refractivity (Wildman–Crippen MR) is 154 cm³/mol. The van der Waals surface area contributed by atoms with E-state index in [1.54, 1.807) is 0 Å². The highest BCUT2D eigenvalue weighted by molar-refractivity contribution is 8.25. The van der Waals surface area contributed by atoms with Crippen LogP contribution >= 0.6 is 9.39 Å². The largest absolute Gasteiger partial charge is 0.390 e. The zero-order valence-corrected chi connectivity index (χ0v) is 21.4. The topological polar surface area (TPSA) is 91.7 Å². The minimum Gasteiger partial charge on any atom is -0.390 e. The molecule has 1 aliphatic heterocycles. The molecule has 2 unspecified atom stereocenters. The molecule has 0 amide bonds. The molecular formula is C27H42N6S. The van der Waals surface area contributed by atoms with Gasteiger partial charge in [0.2, 0.25) is 0 Å². The average molecular weight is 483 g/mol. The van der Waals surface area contributed by atoms with Gasteiger partial charge >= 0.3 is 0 Å². The maximum atomic E-state index is 6.46. The van der Waals surface area contributed by atoms with E-state index in [4.69, 9.17) is 11.5 Å². The van der Waals surface area contributed by atoms with Crippen LogP contribution in [0.15, 0.2) is 83.9 Å². The summed E-state index contributed by atoms with van der Waals surface area (Å²) in [7, 11) is -1.59. The molecule has 1 aliphatic rings. The third-order valence-corrected chi connectivity index (χ3v) is 7.13. The second kappa shape index (κ2) is 13.7. The van der Waals surface area contributed by atoms with E-state index in [1.807, 2.05) is 36.6 Å². The van der Waals surface area contributed by atoms with Gasteiger partial charge in [0.15, 0.2) is 0 Å². The second-order valence-electron chi connectivity index (χ2n) is 8.78. The molecule has 1 heterocycles. The van der Waals surface area contributed by atoms with Gasteiger partial charge in [-0.2, -0.15) is 0 Å². The minimum atomic E-state index is -1.59. The van der Waals surface area contributed by atoms with Gasteiger partial charge < -0.3 is 26.4 Å². The fourth-order valence-electron chi connectivity index (χ4n) is 3.91. The number of aliphatic imine (C=N–C) groups is 1. The molecule has 0 saturated carbocycles. The molecule has 0 bridgehead atoms. The SMILES string of the molecule is C=C(CN1C=CC=C(NS(=C)(=C)Cc2ccccc2)C1=C)NC(CCCN=CN)C(N)CCC. The molecule has 0 spiro atoms. The van der Waals surface area contributed by atoms with Crippen molar-refractivity contribution in [2.24, 2.45) is 16.5 Å². The molecule has 1 aromatic rings. The first-order valence-corrected chi connectivity index (χ1v) is 13.9. The van der Waals surface area contributed by atoms with Gasteiger partial charge in [-0.1, -0.05) is 68.6 Å². The summed E-state index contributed by atoms with van der Waals surface area (Å²) >= 11 is 0. The lowest BCUT2D eigenvalue weighted by atomic mass is 9.99. The number of nitrogens with two attached hydrogens (primary N) is 2. The van der Waals surface area contributed by atoms with Crippen LogP contribution in [0, 0.1) is 0 Å². The first-order chi connectivity index (χ1) is 16.3. The molecule has 7 heteroatoms. The lowest BCUT2D eigenvalue weighted by Crippen LogP contribution is -2.46. The zero-order valence-electron chi connectivity index (χ0n) is 20.6. The Morgan fingerprint density at radius 1 is 1.24 bits per heavy atom. The summed E-state index contributed by atoms with van der Waals surface area (Å²) in [6, 6.07) is 10.5. The van der Waals surface area contributed by atoms with Crippen LogP contribution < -0.4 is 21.5 Å². The molecule has 2 rings (SSSR count). The standard InChI is InChI=1S/C27H42N6S/c1-6-12-25(29)27(15-10-17-30-21-28)31-22(2)19-33-18-11-16-26(23(33)3)32-34(4,5)20-24-13-8-7-9-14-24/h7-9,11,13-14,16,18,21,25,27,31-32H,2-6,10,12,15,17,19-20,29H2,1H3,(H2,28,30). The Morgan fingerprint density at radius 2 is 1.97 bits per heavy atom. The molecule has 186 valence electrons. The van der Waals surface area contributed by atoms with Gasteiger partial charge in [-0.05, 0) is 37.0 Å². The zero-order chi connectivity index (χ0) is 25.0. The number of hydrogen-bond acceptors (Lipinski definition) is 5. The highest BCUT2D eigenvalue weighted by atomic mass is 32.2. The van der Waals surface area contributed by atoms with E-state index >= 15 is 0 Å². The van der Waals surface area contributed by atoms with E-state index < -0.39 is 9.39 Å². The Bertz CT molecular complexity index is 991. The molecular weight excluding hydrogens is 440 g/mol. The Labute approximate surface area is 206 Å². The van der Waals surface area contributed by atoms with Gasteiger partial charge in [-0.15, -0.1) is 9.39 Å². The third kappa shape index (κ3) is 9.15. The summed E-state index contributed by atoms with van der Waals surface area (Å²) in [5, 5.41) is 3.56. The molecule has 0 radical (unpaired) electrons. The lowest BCUT2D eigenvalue weighted by Gasteiger charge is -2.33. The summed E-state index contributed by atoms with van der Waals surface area (Å²) < 4.78 is 3.55. The van der Waals surface area contributed by atoms with Crippen molar-refractivity contribution in [3.63, 3.8) is 0 Å². The van der Waals surface area contributed by atoms with Crippen LogP contribution in [0.1, 0.15) is 38.2 Å². The molecule has 6 nitrogen and oxygen atoms in total. The lowest BCUT2D eigenvalue weighted by molar-refractivity contribution is 0.390.